The van der Waals surface area contributed by atoms with Crippen LogP contribution in [0.3, 0.4) is 0 Å². The van der Waals surface area contributed by atoms with E-state index in [0.717, 1.165) is 12.8 Å². The standard InChI is InChI=1S/C15H21FN2O/c1-10-4-3-5-14(11(10)2)18-15(19)17-13-8-6-12(16)7-9-13/h6-11,14H,3-5H2,1-2H3,(H2,17,18,19)/t10-,11-,14+/m1/s1. The predicted octanol–water partition coefficient (Wildman–Crippen LogP) is 3.77. The van der Waals surface area contributed by atoms with E-state index in [1.165, 1.54) is 18.6 Å². The van der Waals surface area contributed by atoms with Crippen LogP contribution in [-0.2, 0) is 0 Å². The van der Waals surface area contributed by atoms with Crippen LogP contribution in [0.25, 0.3) is 0 Å². The average molecular weight is 264 g/mol. The smallest absolute Gasteiger partial charge is 0.319 e. The summed E-state index contributed by atoms with van der Waals surface area (Å²) in [6.45, 7) is 4.42. The van der Waals surface area contributed by atoms with Crippen molar-refractivity contribution in [3.63, 3.8) is 0 Å². The molecule has 104 valence electrons. The van der Waals surface area contributed by atoms with Crippen LogP contribution in [0.2, 0.25) is 0 Å². The normalized spacial score (nSPS) is 26.8. The van der Waals surface area contributed by atoms with Crippen LogP contribution in [-0.4, -0.2) is 12.1 Å². The molecule has 0 saturated heterocycles. The second kappa shape index (κ2) is 6.04. The highest BCUT2D eigenvalue weighted by atomic mass is 19.1. The molecule has 1 fully saturated rings. The highest BCUT2D eigenvalue weighted by Crippen LogP contribution is 2.29. The van der Waals surface area contributed by atoms with Crippen molar-refractivity contribution in [2.45, 2.75) is 39.2 Å². The molecule has 1 saturated carbocycles. The van der Waals surface area contributed by atoms with Crippen LogP contribution in [0, 0.1) is 17.7 Å². The molecule has 1 aromatic carbocycles. The fourth-order valence-electron chi connectivity index (χ4n) is 2.65. The van der Waals surface area contributed by atoms with Crippen LogP contribution in [0.1, 0.15) is 33.1 Å². The molecule has 0 spiro atoms. The van der Waals surface area contributed by atoms with Crippen molar-refractivity contribution in [2.75, 3.05) is 5.32 Å². The zero-order valence-corrected chi connectivity index (χ0v) is 11.4. The van der Waals surface area contributed by atoms with Crippen LogP contribution >= 0.6 is 0 Å². The fraction of sp³-hybridized carbons (Fsp3) is 0.533. The Hall–Kier alpha value is -1.58. The Balaban J connectivity index is 1.88. The van der Waals surface area contributed by atoms with Gasteiger partial charge in [0.05, 0.1) is 0 Å². The van der Waals surface area contributed by atoms with Crippen molar-refractivity contribution in [1.29, 1.82) is 0 Å². The molecule has 2 N–H and O–H groups in total. The molecule has 19 heavy (non-hydrogen) atoms. The molecule has 1 aromatic rings. The lowest BCUT2D eigenvalue weighted by Crippen LogP contribution is -2.45. The van der Waals surface area contributed by atoms with E-state index in [9.17, 15) is 9.18 Å². The molecule has 0 radical (unpaired) electrons. The van der Waals surface area contributed by atoms with Crippen molar-refractivity contribution < 1.29 is 9.18 Å². The van der Waals surface area contributed by atoms with Gasteiger partial charge in [-0.15, -0.1) is 0 Å². The first-order valence-corrected chi connectivity index (χ1v) is 6.89. The minimum Gasteiger partial charge on any atom is -0.335 e. The fourth-order valence-corrected chi connectivity index (χ4v) is 2.65. The summed E-state index contributed by atoms with van der Waals surface area (Å²) in [6, 6.07) is 5.80. The lowest BCUT2D eigenvalue weighted by molar-refractivity contribution is 0.201. The number of carbonyl (C=O) groups is 1. The quantitative estimate of drug-likeness (QED) is 0.838. The molecule has 3 nitrogen and oxygen atoms in total. The Bertz CT molecular complexity index is 432. The van der Waals surface area contributed by atoms with E-state index in [-0.39, 0.29) is 17.9 Å². The molecular weight excluding hydrogens is 243 g/mol. The Morgan fingerprint density at radius 1 is 1.21 bits per heavy atom. The molecule has 2 rings (SSSR count). The monoisotopic (exact) mass is 264 g/mol. The number of amides is 2. The van der Waals surface area contributed by atoms with Crippen molar-refractivity contribution in [2.24, 2.45) is 11.8 Å². The first-order chi connectivity index (χ1) is 9.06. The summed E-state index contributed by atoms with van der Waals surface area (Å²) in [4.78, 5) is 11.9. The van der Waals surface area contributed by atoms with Crippen molar-refractivity contribution in [3.8, 4) is 0 Å². The van der Waals surface area contributed by atoms with Crippen LogP contribution < -0.4 is 10.6 Å². The zero-order valence-electron chi connectivity index (χ0n) is 11.4. The molecule has 1 aliphatic rings. The second-order valence-corrected chi connectivity index (χ2v) is 5.48. The number of halogens is 1. The summed E-state index contributed by atoms with van der Waals surface area (Å²) < 4.78 is 12.8. The van der Waals surface area contributed by atoms with E-state index in [1.54, 1.807) is 12.1 Å². The van der Waals surface area contributed by atoms with Gasteiger partial charge in [0.2, 0.25) is 0 Å². The van der Waals surface area contributed by atoms with Gasteiger partial charge in [-0.1, -0.05) is 26.7 Å². The number of benzene rings is 1. The van der Waals surface area contributed by atoms with Gasteiger partial charge in [0, 0.05) is 11.7 Å². The molecule has 0 unspecified atom stereocenters. The lowest BCUT2D eigenvalue weighted by Gasteiger charge is -2.34. The minimum atomic E-state index is -0.305. The summed E-state index contributed by atoms with van der Waals surface area (Å²) in [5, 5.41) is 5.75. The van der Waals surface area contributed by atoms with E-state index in [1.807, 2.05) is 0 Å². The summed E-state index contributed by atoms with van der Waals surface area (Å²) in [7, 11) is 0. The summed E-state index contributed by atoms with van der Waals surface area (Å²) in [5.74, 6) is 0.832. The van der Waals surface area contributed by atoms with Gasteiger partial charge in [0.25, 0.3) is 0 Å². The third-order valence-electron chi connectivity index (χ3n) is 4.13. The number of urea groups is 1. The second-order valence-electron chi connectivity index (χ2n) is 5.48. The Labute approximate surface area is 113 Å². The van der Waals surface area contributed by atoms with Gasteiger partial charge < -0.3 is 10.6 Å². The van der Waals surface area contributed by atoms with E-state index in [4.69, 9.17) is 0 Å². The Morgan fingerprint density at radius 2 is 1.89 bits per heavy atom. The van der Waals surface area contributed by atoms with Crippen molar-refractivity contribution in [1.82, 2.24) is 5.32 Å². The largest absolute Gasteiger partial charge is 0.335 e. The topological polar surface area (TPSA) is 41.1 Å². The SMILES string of the molecule is C[C@@H]1[C@H](C)CCC[C@@H]1NC(=O)Nc1ccc(F)cc1. The van der Waals surface area contributed by atoms with Crippen molar-refractivity contribution in [3.05, 3.63) is 30.1 Å². The summed E-state index contributed by atoms with van der Waals surface area (Å²) in [5.41, 5.74) is 0.607. The number of nitrogens with one attached hydrogen (secondary N) is 2. The average Bonchev–Trinajstić information content (AvgIpc) is 2.38. The van der Waals surface area contributed by atoms with Gasteiger partial charge in [-0.05, 0) is 42.5 Å². The first kappa shape index (κ1) is 13.8. The highest BCUT2D eigenvalue weighted by Gasteiger charge is 2.28. The van der Waals surface area contributed by atoms with Gasteiger partial charge >= 0.3 is 6.03 Å². The molecule has 0 bridgehead atoms. The van der Waals surface area contributed by atoms with E-state index in [2.05, 4.69) is 24.5 Å². The molecule has 0 aromatic heterocycles. The van der Waals surface area contributed by atoms with Gasteiger partial charge in [-0.2, -0.15) is 0 Å². The predicted molar refractivity (Wildman–Crippen MR) is 74.5 cm³/mol. The zero-order chi connectivity index (χ0) is 13.8. The maximum absolute atomic E-state index is 12.8. The van der Waals surface area contributed by atoms with Crippen LogP contribution in [0.5, 0.6) is 0 Å². The number of hydrogen-bond acceptors (Lipinski definition) is 1. The third kappa shape index (κ3) is 3.69. The maximum atomic E-state index is 12.8. The minimum absolute atomic E-state index is 0.211. The number of hydrogen-bond donors (Lipinski definition) is 2. The molecule has 1 aliphatic carbocycles. The van der Waals surface area contributed by atoms with E-state index in [0.29, 0.717) is 17.5 Å². The van der Waals surface area contributed by atoms with Crippen LogP contribution in [0.4, 0.5) is 14.9 Å². The van der Waals surface area contributed by atoms with Gasteiger partial charge in [0.1, 0.15) is 5.82 Å². The van der Waals surface area contributed by atoms with Crippen LogP contribution in [0.15, 0.2) is 24.3 Å². The molecule has 3 atom stereocenters. The third-order valence-corrected chi connectivity index (χ3v) is 4.13. The van der Waals surface area contributed by atoms with E-state index < -0.39 is 0 Å². The molecule has 4 heteroatoms. The summed E-state index contributed by atoms with van der Waals surface area (Å²) >= 11 is 0. The maximum Gasteiger partial charge on any atom is 0.319 e. The number of anilines is 1. The Kier molecular flexibility index (Phi) is 4.40. The van der Waals surface area contributed by atoms with Gasteiger partial charge in [0.15, 0.2) is 0 Å². The summed E-state index contributed by atoms with van der Waals surface area (Å²) in [6.07, 6.45) is 3.42. The molecule has 0 aliphatic heterocycles. The molecule has 0 heterocycles. The number of rotatable bonds is 2. The molecule has 2 amide bonds. The lowest BCUT2D eigenvalue weighted by atomic mass is 9.78. The van der Waals surface area contributed by atoms with Gasteiger partial charge in [-0.25, -0.2) is 9.18 Å². The van der Waals surface area contributed by atoms with Gasteiger partial charge in [-0.3, -0.25) is 0 Å². The number of carbonyl (C=O) groups excluding carboxylic acids is 1. The van der Waals surface area contributed by atoms with E-state index >= 15 is 0 Å². The highest BCUT2D eigenvalue weighted by molar-refractivity contribution is 5.89. The molecular formula is C15H21FN2O. The first-order valence-electron chi connectivity index (χ1n) is 6.89. The Morgan fingerprint density at radius 3 is 2.58 bits per heavy atom. The van der Waals surface area contributed by atoms with Crippen molar-refractivity contribution >= 4 is 11.7 Å².